The Balaban J connectivity index is 2.44. The Kier molecular flexibility index (Phi) is 3.78. The molecule has 0 amide bonds. The number of nitrogens with two attached hydrogens (primary N) is 1. The molecule has 0 radical (unpaired) electrons. The predicted octanol–water partition coefficient (Wildman–Crippen LogP) is 4.08. The van der Waals surface area contributed by atoms with Crippen LogP contribution in [-0.4, -0.2) is 0 Å². The first kappa shape index (κ1) is 13.2. The van der Waals surface area contributed by atoms with Gasteiger partial charge in [0.15, 0.2) is 11.6 Å². The molecular weight excluding hydrogens is 300 g/mol. The quantitative estimate of drug-likeness (QED) is 0.888. The lowest BCUT2D eigenvalue weighted by molar-refractivity contribution is 0.494. The van der Waals surface area contributed by atoms with Crippen LogP contribution in [0.1, 0.15) is 22.7 Å². The first-order valence-electron chi connectivity index (χ1n) is 5.46. The van der Waals surface area contributed by atoms with Crippen molar-refractivity contribution in [3.8, 4) is 0 Å². The van der Waals surface area contributed by atoms with Gasteiger partial charge < -0.3 is 5.73 Å². The molecule has 2 rings (SSSR count). The van der Waals surface area contributed by atoms with E-state index in [1.807, 2.05) is 25.1 Å². The molecule has 4 heteroatoms. The average molecular weight is 312 g/mol. The van der Waals surface area contributed by atoms with Crippen molar-refractivity contribution in [3.63, 3.8) is 0 Å². The average Bonchev–Trinajstić information content (AvgIpc) is 2.35. The van der Waals surface area contributed by atoms with Crippen LogP contribution in [0.2, 0.25) is 0 Å². The topological polar surface area (TPSA) is 26.0 Å². The standard InChI is InChI=1S/C14H12BrF2N/c1-8-5-6-9(7-11(8)15)14(18)10-3-2-4-12(16)13(10)17/h2-7,14H,18H2,1H3. The zero-order valence-corrected chi connectivity index (χ0v) is 11.3. The fourth-order valence-corrected chi connectivity index (χ4v) is 2.14. The van der Waals surface area contributed by atoms with Gasteiger partial charge in [-0.1, -0.05) is 40.2 Å². The molecule has 0 bridgehead atoms. The van der Waals surface area contributed by atoms with Gasteiger partial charge in [0.05, 0.1) is 6.04 Å². The molecule has 1 atom stereocenters. The highest BCUT2D eigenvalue weighted by Gasteiger charge is 2.16. The molecule has 0 fully saturated rings. The maximum Gasteiger partial charge on any atom is 0.163 e. The molecular formula is C14H12BrF2N. The van der Waals surface area contributed by atoms with Gasteiger partial charge in [-0.25, -0.2) is 8.78 Å². The van der Waals surface area contributed by atoms with E-state index in [2.05, 4.69) is 15.9 Å². The molecule has 1 nitrogen and oxygen atoms in total. The monoisotopic (exact) mass is 311 g/mol. The Bertz CT molecular complexity index is 584. The van der Waals surface area contributed by atoms with Crippen molar-refractivity contribution in [2.75, 3.05) is 0 Å². The van der Waals surface area contributed by atoms with E-state index < -0.39 is 17.7 Å². The van der Waals surface area contributed by atoms with Gasteiger partial charge in [0.2, 0.25) is 0 Å². The second-order valence-corrected chi connectivity index (χ2v) is 4.98. The minimum atomic E-state index is -0.887. The number of aryl methyl sites for hydroxylation is 1. The summed E-state index contributed by atoms with van der Waals surface area (Å²) < 4.78 is 27.7. The van der Waals surface area contributed by atoms with Crippen LogP contribution in [-0.2, 0) is 0 Å². The third kappa shape index (κ3) is 2.44. The van der Waals surface area contributed by atoms with E-state index in [-0.39, 0.29) is 5.56 Å². The molecule has 0 saturated heterocycles. The van der Waals surface area contributed by atoms with Crippen molar-refractivity contribution in [1.82, 2.24) is 0 Å². The van der Waals surface area contributed by atoms with E-state index in [1.165, 1.54) is 12.1 Å². The van der Waals surface area contributed by atoms with Crippen LogP contribution in [0.15, 0.2) is 40.9 Å². The van der Waals surface area contributed by atoms with Gasteiger partial charge in [0.25, 0.3) is 0 Å². The van der Waals surface area contributed by atoms with Crippen molar-refractivity contribution in [3.05, 3.63) is 69.2 Å². The molecule has 0 heterocycles. The molecule has 0 saturated carbocycles. The van der Waals surface area contributed by atoms with Crippen LogP contribution in [0.3, 0.4) is 0 Å². The summed E-state index contributed by atoms with van der Waals surface area (Å²) in [5.41, 5.74) is 7.93. The molecule has 0 aliphatic rings. The van der Waals surface area contributed by atoms with Crippen LogP contribution >= 0.6 is 15.9 Å². The first-order valence-corrected chi connectivity index (χ1v) is 6.25. The molecule has 18 heavy (non-hydrogen) atoms. The van der Waals surface area contributed by atoms with Crippen LogP contribution < -0.4 is 5.73 Å². The van der Waals surface area contributed by atoms with Crippen LogP contribution in [0.5, 0.6) is 0 Å². The summed E-state index contributed by atoms with van der Waals surface area (Å²) in [6.45, 7) is 1.95. The minimum Gasteiger partial charge on any atom is -0.320 e. The second-order valence-electron chi connectivity index (χ2n) is 4.13. The van der Waals surface area contributed by atoms with Gasteiger partial charge in [-0.3, -0.25) is 0 Å². The highest BCUT2D eigenvalue weighted by atomic mass is 79.9. The van der Waals surface area contributed by atoms with Gasteiger partial charge in [-0.2, -0.15) is 0 Å². The lowest BCUT2D eigenvalue weighted by atomic mass is 9.98. The molecule has 94 valence electrons. The summed E-state index contributed by atoms with van der Waals surface area (Å²) in [6, 6.07) is 8.87. The van der Waals surface area contributed by atoms with Crippen LogP contribution in [0.4, 0.5) is 8.78 Å². The van der Waals surface area contributed by atoms with Crippen molar-refractivity contribution < 1.29 is 8.78 Å². The van der Waals surface area contributed by atoms with E-state index in [0.29, 0.717) is 0 Å². The largest absolute Gasteiger partial charge is 0.320 e. The van der Waals surface area contributed by atoms with Gasteiger partial charge in [-0.05, 0) is 30.2 Å². The van der Waals surface area contributed by atoms with E-state index in [0.717, 1.165) is 21.7 Å². The molecule has 0 aliphatic carbocycles. The Hall–Kier alpha value is -1.26. The molecule has 0 aliphatic heterocycles. The maximum atomic E-state index is 13.7. The molecule has 0 spiro atoms. The smallest absolute Gasteiger partial charge is 0.163 e. The third-order valence-corrected chi connectivity index (χ3v) is 3.73. The second kappa shape index (κ2) is 5.16. The predicted molar refractivity (Wildman–Crippen MR) is 71.3 cm³/mol. The summed E-state index contributed by atoms with van der Waals surface area (Å²) in [7, 11) is 0. The normalized spacial score (nSPS) is 12.5. The number of hydrogen-bond donors (Lipinski definition) is 1. The summed E-state index contributed by atoms with van der Waals surface area (Å²) >= 11 is 3.40. The fraction of sp³-hybridized carbons (Fsp3) is 0.143. The molecule has 1 unspecified atom stereocenters. The van der Waals surface area contributed by atoms with Crippen molar-refractivity contribution in [1.29, 1.82) is 0 Å². The Morgan fingerprint density at radius 3 is 2.56 bits per heavy atom. The summed E-state index contributed by atoms with van der Waals surface area (Å²) in [5, 5.41) is 0. The number of hydrogen-bond acceptors (Lipinski definition) is 1. The highest BCUT2D eigenvalue weighted by molar-refractivity contribution is 9.10. The van der Waals surface area contributed by atoms with Gasteiger partial charge in [-0.15, -0.1) is 0 Å². The van der Waals surface area contributed by atoms with E-state index in [4.69, 9.17) is 5.73 Å². The van der Waals surface area contributed by atoms with Gasteiger partial charge in [0.1, 0.15) is 0 Å². The molecule has 2 N–H and O–H groups in total. The number of halogens is 3. The molecule has 2 aromatic carbocycles. The first-order chi connectivity index (χ1) is 8.50. The zero-order valence-electron chi connectivity index (χ0n) is 9.75. The Morgan fingerprint density at radius 2 is 1.89 bits per heavy atom. The van der Waals surface area contributed by atoms with E-state index >= 15 is 0 Å². The van der Waals surface area contributed by atoms with E-state index in [1.54, 1.807) is 0 Å². The number of benzene rings is 2. The minimum absolute atomic E-state index is 0.158. The van der Waals surface area contributed by atoms with Gasteiger partial charge in [0, 0.05) is 10.0 Å². The van der Waals surface area contributed by atoms with E-state index in [9.17, 15) is 8.78 Å². The number of rotatable bonds is 2. The summed E-state index contributed by atoms with van der Waals surface area (Å²) in [6.07, 6.45) is 0. The Labute approximate surface area is 113 Å². The fourth-order valence-electron chi connectivity index (χ4n) is 1.74. The lowest BCUT2D eigenvalue weighted by Gasteiger charge is -2.14. The van der Waals surface area contributed by atoms with Crippen molar-refractivity contribution in [2.45, 2.75) is 13.0 Å². The summed E-state index contributed by atoms with van der Waals surface area (Å²) in [4.78, 5) is 0. The molecule has 2 aromatic rings. The van der Waals surface area contributed by atoms with Crippen LogP contribution in [0, 0.1) is 18.6 Å². The maximum absolute atomic E-state index is 13.7. The zero-order chi connectivity index (χ0) is 13.3. The summed E-state index contributed by atoms with van der Waals surface area (Å²) in [5.74, 6) is -1.77. The van der Waals surface area contributed by atoms with Crippen LogP contribution in [0.25, 0.3) is 0 Å². The van der Waals surface area contributed by atoms with Crippen molar-refractivity contribution in [2.24, 2.45) is 5.73 Å². The SMILES string of the molecule is Cc1ccc(C(N)c2cccc(F)c2F)cc1Br. The van der Waals surface area contributed by atoms with Crippen molar-refractivity contribution >= 4 is 15.9 Å². The third-order valence-electron chi connectivity index (χ3n) is 2.87. The Morgan fingerprint density at radius 1 is 1.17 bits per heavy atom. The molecule has 0 aromatic heterocycles. The highest BCUT2D eigenvalue weighted by Crippen LogP contribution is 2.27. The van der Waals surface area contributed by atoms with Gasteiger partial charge >= 0.3 is 0 Å². The lowest BCUT2D eigenvalue weighted by Crippen LogP contribution is -2.14.